The molecule has 3 aromatic rings. The smallest absolute Gasteiger partial charge is 0.323 e. The minimum atomic E-state index is -3.89. The number of para-hydroxylation sites is 2. The van der Waals surface area contributed by atoms with Crippen LogP contribution in [0.5, 0.6) is 11.5 Å². The molecule has 1 aliphatic rings. The molecule has 0 bridgehead atoms. The Morgan fingerprint density at radius 3 is 2.44 bits per heavy atom. The van der Waals surface area contributed by atoms with Gasteiger partial charge >= 0.3 is 6.03 Å². The van der Waals surface area contributed by atoms with E-state index in [0.717, 1.165) is 0 Å². The summed E-state index contributed by atoms with van der Waals surface area (Å²) in [6, 6.07) is 19.2. The summed E-state index contributed by atoms with van der Waals surface area (Å²) in [7, 11) is -0.924. The second-order valence-electron chi connectivity index (χ2n) is 9.70. The number of nitrogens with zero attached hydrogens (tertiary/aromatic N) is 2. The summed E-state index contributed by atoms with van der Waals surface area (Å²) >= 11 is 0. The minimum Gasteiger partial charge on any atom is -0.497 e. The fourth-order valence-corrected chi connectivity index (χ4v) is 5.72. The summed E-state index contributed by atoms with van der Waals surface area (Å²) < 4.78 is 39.5. The van der Waals surface area contributed by atoms with Gasteiger partial charge < -0.3 is 30.1 Å². The molecule has 0 fully saturated rings. The number of nitrogens with one attached hydrogen (secondary N) is 2. The predicted molar refractivity (Wildman–Crippen MR) is 155 cm³/mol. The number of β-amino-alcohol motifs (C(OH)–C–C–N with tert-alkyl or cyclic N) is 1. The van der Waals surface area contributed by atoms with Crippen LogP contribution in [0, 0.1) is 5.92 Å². The van der Waals surface area contributed by atoms with Crippen molar-refractivity contribution < 1.29 is 32.6 Å². The molecule has 1 unspecified atom stereocenters. The van der Waals surface area contributed by atoms with Crippen LogP contribution in [0.15, 0.2) is 77.7 Å². The number of urea groups is 1. The number of anilines is 2. The number of likely N-dealkylation sites (N-methyl/N-ethyl adjacent to an activating group) is 1. The first-order valence-corrected chi connectivity index (χ1v) is 14.5. The van der Waals surface area contributed by atoms with E-state index < -0.39 is 22.2 Å². The van der Waals surface area contributed by atoms with E-state index in [4.69, 9.17) is 9.47 Å². The molecule has 0 radical (unpaired) electrons. The Labute approximate surface area is 239 Å². The third-order valence-corrected chi connectivity index (χ3v) is 8.64. The SMILES string of the molecule is COc1ccc(S(=O)(=O)N(C)C[C@@H]2Oc3c(NC(=O)Nc4ccccc4)cccc3C(=O)N(CCO)CC2C)cc1. The van der Waals surface area contributed by atoms with E-state index in [1.165, 1.54) is 35.5 Å². The molecule has 2 atom stereocenters. The molecule has 3 aromatic carbocycles. The lowest BCUT2D eigenvalue weighted by Crippen LogP contribution is -2.48. The number of sulfonamides is 1. The molecule has 3 amide bonds. The molecule has 1 heterocycles. The maximum absolute atomic E-state index is 13.5. The maximum Gasteiger partial charge on any atom is 0.323 e. The van der Waals surface area contributed by atoms with Crippen LogP contribution in [0.2, 0.25) is 0 Å². The molecule has 41 heavy (non-hydrogen) atoms. The van der Waals surface area contributed by atoms with Crippen molar-refractivity contribution in [3.63, 3.8) is 0 Å². The molecular weight excluding hydrogens is 548 g/mol. The zero-order valence-electron chi connectivity index (χ0n) is 23.1. The van der Waals surface area contributed by atoms with Crippen LogP contribution in [0.1, 0.15) is 17.3 Å². The maximum atomic E-state index is 13.5. The first-order chi connectivity index (χ1) is 19.6. The molecule has 0 spiro atoms. The normalized spacial score (nSPS) is 17.2. The van der Waals surface area contributed by atoms with Crippen molar-refractivity contribution >= 4 is 33.3 Å². The number of aliphatic hydroxyl groups is 1. The van der Waals surface area contributed by atoms with Crippen LogP contribution >= 0.6 is 0 Å². The first kappa shape index (κ1) is 29.8. The summed E-state index contributed by atoms with van der Waals surface area (Å²) in [4.78, 5) is 27.9. The Bertz CT molecular complexity index is 1470. The molecule has 0 saturated heterocycles. The lowest BCUT2D eigenvalue weighted by molar-refractivity contribution is 0.0512. The molecule has 0 aromatic heterocycles. The average Bonchev–Trinajstić information content (AvgIpc) is 2.96. The average molecular weight is 583 g/mol. The van der Waals surface area contributed by atoms with E-state index in [-0.39, 0.29) is 60.0 Å². The van der Waals surface area contributed by atoms with Crippen LogP contribution in [-0.4, -0.2) is 81.2 Å². The van der Waals surface area contributed by atoms with E-state index in [0.29, 0.717) is 11.4 Å². The van der Waals surface area contributed by atoms with Crippen molar-refractivity contribution in [2.75, 3.05) is 51.0 Å². The first-order valence-electron chi connectivity index (χ1n) is 13.1. The van der Waals surface area contributed by atoms with Crippen molar-refractivity contribution in [3.8, 4) is 11.5 Å². The highest BCUT2D eigenvalue weighted by Gasteiger charge is 2.34. The van der Waals surface area contributed by atoms with Gasteiger partial charge in [0.15, 0.2) is 5.75 Å². The van der Waals surface area contributed by atoms with Crippen molar-refractivity contribution in [1.29, 1.82) is 0 Å². The number of hydrogen-bond donors (Lipinski definition) is 3. The number of ether oxygens (including phenoxy) is 2. The number of hydrogen-bond acceptors (Lipinski definition) is 7. The molecule has 4 rings (SSSR count). The fourth-order valence-electron chi connectivity index (χ4n) is 4.53. The van der Waals surface area contributed by atoms with E-state index in [9.17, 15) is 23.1 Å². The number of amides is 3. The number of carbonyl (C=O) groups excluding carboxylic acids is 2. The van der Waals surface area contributed by atoms with Crippen molar-refractivity contribution in [1.82, 2.24) is 9.21 Å². The van der Waals surface area contributed by atoms with Gasteiger partial charge in [-0.3, -0.25) is 4.79 Å². The van der Waals surface area contributed by atoms with Gasteiger partial charge in [-0.1, -0.05) is 31.2 Å². The molecule has 0 aliphatic carbocycles. The summed E-state index contributed by atoms with van der Waals surface area (Å²) in [6.45, 7) is 1.87. The van der Waals surface area contributed by atoms with E-state index in [1.807, 2.05) is 13.0 Å². The number of aliphatic hydroxyl groups excluding tert-OH is 1. The van der Waals surface area contributed by atoms with Crippen LogP contribution in [-0.2, 0) is 10.0 Å². The standard InChI is InChI=1S/C29H34N4O7S/c1-20-18-33(16-17-34)28(35)24-10-7-11-25(31-29(36)30-21-8-5-4-6-9-21)27(24)40-26(20)19-32(2)41(37,38)23-14-12-22(39-3)13-15-23/h4-15,20,26,34H,16-19H2,1-3H3,(H2,30,31,36)/t20?,26-/m0/s1. The van der Waals surface area contributed by atoms with Gasteiger partial charge in [0.1, 0.15) is 11.9 Å². The van der Waals surface area contributed by atoms with Gasteiger partial charge in [0.25, 0.3) is 5.91 Å². The van der Waals surface area contributed by atoms with Gasteiger partial charge in [-0.15, -0.1) is 0 Å². The molecule has 12 heteroatoms. The quantitative estimate of drug-likeness (QED) is 0.351. The predicted octanol–water partition coefficient (Wildman–Crippen LogP) is 3.49. The largest absolute Gasteiger partial charge is 0.497 e. The highest BCUT2D eigenvalue weighted by atomic mass is 32.2. The minimum absolute atomic E-state index is 0.0410. The summed E-state index contributed by atoms with van der Waals surface area (Å²) in [6.07, 6.45) is -0.707. The Balaban J connectivity index is 1.65. The molecule has 0 saturated carbocycles. The summed E-state index contributed by atoms with van der Waals surface area (Å²) in [5.74, 6) is -0.0513. The summed E-state index contributed by atoms with van der Waals surface area (Å²) in [5.41, 5.74) is 1.01. The number of methoxy groups -OCH3 is 1. The zero-order valence-corrected chi connectivity index (χ0v) is 23.9. The van der Waals surface area contributed by atoms with Crippen LogP contribution in [0.25, 0.3) is 0 Å². The van der Waals surface area contributed by atoms with Gasteiger partial charge in [0.05, 0.1) is 36.4 Å². The lowest BCUT2D eigenvalue weighted by Gasteiger charge is -2.36. The Morgan fingerprint density at radius 2 is 1.78 bits per heavy atom. The molecule has 1 aliphatic heterocycles. The van der Waals surface area contributed by atoms with Crippen molar-refractivity contribution in [3.05, 3.63) is 78.4 Å². The highest BCUT2D eigenvalue weighted by molar-refractivity contribution is 7.89. The highest BCUT2D eigenvalue weighted by Crippen LogP contribution is 2.35. The van der Waals surface area contributed by atoms with Gasteiger partial charge in [-0.05, 0) is 48.5 Å². The third kappa shape index (κ3) is 6.96. The number of fused-ring (bicyclic) bond motifs is 1. The Morgan fingerprint density at radius 1 is 1.07 bits per heavy atom. The number of rotatable bonds is 9. The third-order valence-electron chi connectivity index (χ3n) is 6.80. The molecular formula is C29H34N4O7S. The molecule has 11 nitrogen and oxygen atoms in total. The summed E-state index contributed by atoms with van der Waals surface area (Å²) in [5, 5.41) is 15.1. The topological polar surface area (TPSA) is 138 Å². The fraction of sp³-hybridized carbons (Fsp3) is 0.310. The van der Waals surface area contributed by atoms with Crippen molar-refractivity contribution in [2.24, 2.45) is 5.92 Å². The van der Waals surface area contributed by atoms with E-state index in [1.54, 1.807) is 54.6 Å². The lowest BCUT2D eigenvalue weighted by atomic mass is 10.0. The van der Waals surface area contributed by atoms with Gasteiger partial charge in [-0.2, -0.15) is 4.31 Å². The molecule has 3 N–H and O–H groups in total. The molecule has 218 valence electrons. The van der Waals surface area contributed by atoms with Crippen molar-refractivity contribution in [2.45, 2.75) is 17.9 Å². The van der Waals surface area contributed by atoms with Gasteiger partial charge in [0.2, 0.25) is 10.0 Å². The second-order valence-corrected chi connectivity index (χ2v) is 11.7. The van der Waals surface area contributed by atoms with Gasteiger partial charge in [0, 0.05) is 31.7 Å². The monoisotopic (exact) mass is 582 g/mol. The zero-order chi connectivity index (χ0) is 29.6. The Hall–Kier alpha value is -4.13. The van der Waals surface area contributed by atoms with Gasteiger partial charge in [-0.25, -0.2) is 13.2 Å². The van der Waals surface area contributed by atoms with E-state index in [2.05, 4.69) is 10.6 Å². The number of carbonyl (C=O) groups is 2. The second kappa shape index (κ2) is 13.0. The van der Waals surface area contributed by atoms with Crippen LogP contribution in [0.3, 0.4) is 0 Å². The van der Waals surface area contributed by atoms with E-state index >= 15 is 0 Å². The van der Waals surface area contributed by atoms with Crippen LogP contribution < -0.4 is 20.1 Å². The van der Waals surface area contributed by atoms with Crippen LogP contribution in [0.4, 0.5) is 16.2 Å². The Kier molecular flexibility index (Phi) is 9.48. The number of benzene rings is 3.